The molecule has 326 valence electrons. The van der Waals surface area contributed by atoms with Gasteiger partial charge in [0.25, 0.3) is 0 Å². The zero-order valence-corrected chi connectivity index (χ0v) is 34.7. The Hall–Kier alpha value is -8.33. The number of H-pyrrole nitrogens is 1. The van der Waals surface area contributed by atoms with Gasteiger partial charge in [0, 0.05) is 68.1 Å². The van der Waals surface area contributed by atoms with Gasteiger partial charge >= 0.3 is 0 Å². The van der Waals surface area contributed by atoms with E-state index in [2.05, 4.69) is 26.6 Å². The van der Waals surface area contributed by atoms with Crippen LogP contribution in [-0.4, -0.2) is 34.6 Å². The lowest BCUT2D eigenvalue weighted by Crippen LogP contribution is -2.20. The summed E-state index contributed by atoms with van der Waals surface area (Å²) in [5, 5.41) is 26.5. The maximum Gasteiger partial charge on any atom is 0.196 e. The number of fused-ring (bicyclic) bond motifs is 6. The minimum absolute atomic E-state index is 0.107. The number of para-hydroxylation sites is 2. The van der Waals surface area contributed by atoms with Crippen LogP contribution in [0.1, 0.15) is 17.4 Å². The maximum absolute atomic E-state index is 16.1. The molecule has 0 saturated carbocycles. The van der Waals surface area contributed by atoms with Crippen molar-refractivity contribution in [3.8, 4) is 33.8 Å². The van der Waals surface area contributed by atoms with Gasteiger partial charge in [0.1, 0.15) is 17.3 Å². The van der Waals surface area contributed by atoms with Crippen LogP contribution in [0.5, 0.6) is 0 Å². The fraction of sp³-hybridized carbons (Fsp3) is 0.0377. The van der Waals surface area contributed by atoms with Crippen molar-refractivity contribution in [3.05, 3.63) is 198 Å². The number of hydrogen-bond acceptors (Lipinski definition) is 5. The first kappa shape index (κ1) is 40.2. The maximum atomic E-state index is 16.1. The molecule has 7 aromatic carbocycles. The molecule has 5 heterocycles. The smallest absolute Gasteiger partial charge is 0.196 e. The van der Waals surface area contributed by atoms with E-state index in [9.17, 15) is 9.50 Å². The average molecular weight is 896 g/mol. The van der Waals surface area contributed by atoms with E-state index in [1.54, 1.807) is 54.6 Å². The Bertz CT molecular complexity index is 4010. The van der Waals surface area contributed by atoms with Gasteiger partial charge < -0.3 is 5.11 Å². The zero-order valence-electron chi connectivity index (χ0n) is 34.7. The highest BCUT2D eigenvalue weighted by Crippen LogP contribution is 2.39. The summed E-state index contributed by atoms with van der Waals surface area (Å²) in [6.45, 7) is 0.321. The van der Waals surface area contributed by atoms with Crippen molar-refractivity contribution in [2.75, 3.05) is 0 Å². The second-order valence-electron chi connectivity index (χ2n) is 16.3. The zero-order chi connectivity index (χ0) is 45.7. The van der Waals surface area contributed by atoms with Gasteiger partial charge in [-0.2, -0.15) is 5.10 Å². The number of aliphatic hydroxyl groups is 1. The van der Waals surface area contributed by atoms with Crippen LogP contribution < -0.4 is 5.32 Å². The lowest BCUT2D eigenvalue weighted by Gasteiger charge is -2.16. The lowest BCUT2D eigenvalue weighted by atomic mass is 10.0. The number of halogens is 6. The standard InChI is InChI=1S/C53H31F6N7O/c54-39-22-35-37(43-18-16-28-6-1-3-9-41(28)61-43)25-65(51(35)48(58)46(39)56)66-26-38(36-23-40(55)47(57)49(59)52(36)66)44-19-17-32-33(8-5-11-42(32)62-44)53(67)60-24-27-12-13-30-21-31(15-14-29(30)20-27)50-34-7-2-4-10-45(34)63-64-50/h1-23,25-26,53,60,67H,24H2,(H,63,64). The lowest BCUT2D eigenvalue weighted by molar-refractivity contribution is 0.138. The Morgan fingerprint density at radius 3 is 1.90 bits per heavy atom. The first-order chi connectivity index (χ1) is 32.6. The van der Waals surface area contributed by atoms with E-state index >= 15 is 22.0 Å². The molecule has 0 saturated heterocycles. The van der Waals surface area contributed by atoms with Crippen molar-refractivity contribution in [3.63, 3.8) is 0 Å². The number of nitrogens with zero attached hydrogens (tertiary/aromatic N) is 5. The van der Waals surface area contributed by atoms with E-state index in [1.807, 2.05) is 66.7 Å². The first-order valence-corrected chi connectivity index (χ1v) is 21.1. The SMILES string of the molecule is OC(NCc1ccc2cc(-c3n[nH]c4ccccc34)ccc2c1)c1cccc2nc(-c3cn(-n4cc(-c5ccc6ccccc6n5)c5cc(F)c(F)c(F)c54)c4c(F)c(F)c(F)cc34)ccc12. The molecule has 8 nitrogen and oxygen atoms in total. The van der Waals surface area contributed by atoms with Gasteiger partial charge in [-0.1, -0.05) is 84.9 Å². The summed E-state index contributed by atoms with van der Waals surface area (Å²) in [5.74, 6) is -9.73. The summed E-state index contributed by atoms with van der Waals surface area (Å²) in [7, 11) is 0. The Balaban J connectivity index is 0.896. The third-order valence-corrected chi connectivity index (χ3v) is 12.4. The fourth-order valence-electron chi connectivity index (χ4n) is 9.13. The second kappa shape index (κ2) is 15.4. The Morgan fingerprint density at radius 1 is 0.537 bits per heavy atom. The molecular formula is C53H31F6N7O. The van der Waals surface area contributed by atoms with Gasteiger partial charge in [0.05, 0.1) is 33.6 Å². The van der Waals surface area contributed by atoms with Crippen LogP contribution in [0, 0.1) is 34.9 Å². The summed E-state index contributed by atoms with van der Waals surface area (Å²) in [4.78, 5) is 9.48. The average Bonchev–Trinajstić information content (AvgIpc) is 4.07. The van der Waals surface area contributed by atoms with E-state index in [-0.39, 0.29) is 33.3 Å². The van der Waals surface area contributed by atoms with Crippen LogP contribution in [0.25, 0.3) is 99.1 Å². The number of pyridine rings is 2. The molecule has 5 aromatic heterocycles. The number of aromatic amines is 1. The highest BCUT2D eigenvalue weighted by atomic mass is 19.2. The second-order valence-corrected chi connectivity index (χ2v) is 16.3. The van der Waals surface area contributed by atoms with Gasteiger partial charge in [0.15, 0.2) is 34.9 Å². The van der Waals surface area contributed by atoms with Crippen molar-refractivity contribution < 1.29 is 31.4 Å². The number of aliphatic hydroxyl groups excluding tert-OH is 1. The fourth-order valence-corrected chi connectivity index (χ4v) is 9.13. The molecule has 0 aliphatic carbocycles. The van der Waals surface area contributed by atoms with Crippen LogP contribution in [0.4, 0.5) is 26.3 Å². The predicted molar refractivity (Wildman–Crippen MR) is 247 cm³/mol. The Labute approximate surface area is 375 Å². The molecule has 0 amide bonds. The summed E-state index contributed by atoms with van der Waals surface area (Å²) in [5.41, 5.74) is 4.91. The molecule has 0 fully saturated rings. The van der Waals surface area contributed by atoms with Crippen LogP contribution in [0.3, 0.4) is 0 Å². The summed E-state index contributed by atoms with van der Waals surface area (Å²) >= 11 is 0. The number of rotatable bonds is 8. The molecular weight excluding hydrogens is 865 g/mol. The number of benzene rings is 7. The van der Waals surface area contributed by atoms with Crippen molar-refractivity contribution in [1.29, 1.82) is 0 Å². The molecule has 0 radical (unpaired) electrons. The number of nitrogens with one attached hydrogen (secondary N) is 2. The summed E-state index contributed by atoms with van der Waals surface area (Å²) in [6, 6.07) is 40.8. The minimum Gasteiger partial charge on any atom is -0.374 e. The van der Waals surface area contributed by atoms with Crippen molar-refractivity contribution in [2.45, 2.75) is 12.8 Å². The molecule has 0 aliphatic rings. The summed E-state index contributed by atoms with van der Waals surface area (Å²) in [6.07, 6.45) is 1.46. The largest absolute Gasteiger partial charge is 0.374 e. The van der Waals surface area contributed by atoms with E-state index in [0.717, 1.165) is 65.4 Å². The van der Waals surface area contributed by atoms with E-state index in [4.69, 9.17) is 4.98 Å². The highest BCUT2D eigenvalue weighted by Gasteiger charge is 2.27. The molecule has 0 spiro atoms. The molecule has 0 aliphatic heterocycles. The van der Waals surface area contributed by atoms with Crippen LogP contribution >= 0.6 is 0 Å². The third-order valence-electron chi connectivity index (χ3n) is 12.4. The van der Waals surface area contributed by atoms with Gasteiger partial charge in [-0.3, -0.25) is 19.8 Å². The molecule has 14 heteroatoms. The topological polar surface area (TPSA) is 96.6 Å². The van der Waals surface area contributed by atoms with Crippen molar-refractivity contribution >= 4 is 65.3 Å². The summed E-state index contributed by atoms with van der Waals surface area (Å²) < 4.78 is 94.4. The third kappa shape index (κ3) is 6.51. The molecule has 12 rings (SSSR count). The normalized spacial score (nSPS) is 12.5. The van der Waals surface area contributed by atoms with E-state index < -0.39 is 52.2 Å². The van der Waals surface area contributed by atoms with E-state index in [0.29, 0.717) is 28.5 Å². The number of aromatic nitrogens is 6. The van der Waals surface area contributed by atoms with Crippen LogP contribution in [-0.2, 0) is 6.54 Å². The van der Waals surface area contributed by atoms with Crippen LogP contribution in [0.2, 0.25) is 0 Å². The molecule has 1 unspecified atom stereocenters. The molecule has 12 aromatic rings. The van der Waals surface area contributed by atoms with Gasteiger partial charge in [-0.05, 0) is 70.9 Å². The molecule has 3 N–H and O–H groups in total. The molecule has 67 heavy (non-hydrogen) atoms. The minimum atomic E-state index is -1.79. The molecule has 0 bridgehead atoms. The van der Waals surface area contributed by atoms with E-state index in [1.165, 1.54) is 12.4 Å². The van der Waals surface area contributed by atoms with Crippen molar-refractivity contribution in [2.24, 2.45) is 0 Å². The van der Waals surface area contributed by atoms with Gasteiger partial charge in [-0.25, -0.2) is 36.3 Å². The van der Waals surface area contributed by atoms with Crippen molar-refractivity contribution in [1.82, 2.24) is 34.8 Å². The molecule has 1 atom stereocenters. The monoisotopic (exact) mass is 895 g/mol. The number of hydrogen-bond donors (Lipinski definition) is 3. The van der Waals surface area contributed by atoms with Gasteiger partial charge in [0.2, 0.25) is 0 Å². The predicted octanol–water partition coefficient (Wildman–Crippen LogP) is 12.6. The van der Waals surface area contributed by atoms with Gasteiger partial charge in [-0.15, -0.1) is 0 Å². The Kier molecular flexibility index (Phi) is 9.24. The highest BCUT2D eigenvalue weighted by molar-refractivity contribution is 6.01. The quantitative estimate of drug-likeness (QED) is 0.0802. The Morgan fingerprint density at radius 2 is 1.15 bits per heavy atom. The van der Waals surface area contributed by atoms with Crippen LogP contribution in [0.15, 0.2) is 152 Å². The first-order valence-electron chi connectivity index (χ1n) is 21.1.